The molecule has 2 amide bonds. The molecular weight excluding hydrogens is 542 g/mol. The van der Waals surface area contributed by atoms with E-state index < -0.39 is 6.17 Å². The van der Waals surface area contributed by atoms with Crippen LogP contribution < -0.4 is 20.9 Å². The van der Waals surface area contributed by atoms with E-state index in [2.05, 4.69) is 20.6 Å². The topological polar surface area (TPSA) is 123 Å². The normalized spacial score (nSPS) is 13.3. The maximum absolute atomic E-state index is 13.1. The number of pyridine rings is 1. The molecule has 3 aromatic carbocycles. The van der Waals surface area contributed by atoms with Crippen molar-refractivity contribution < 1.29 is 23.1 Å². The fraction of sp³-hybridized carbons (Fsp3) is 0.161. The van der Waals surface area contributed by atoms with Gasteiger partial charge in [-0.15, -0.1) is 0 Å². The zero-order valence-corrected chi connectivity index (χ0v) is 22.7. The number of carbonyl (C=O) groups excluding carboxylic acids is 2. The number of amides is 2. The van der Waals surface area contributed by atoms with Gasteiger partial charge in [0.25, 0.3) is 5.91 Å². The van der Waals surface area contributed by atoms with Crippen LogP contribution in [0.3, 0.4) is 0 Å². The SMILES string of the molecule is COc1cc(C(=O)N2CC(F)C2)ccc1NC(=N)/N=c1/ccc(-c2ccc(NC(=O)Cc3ccc(F)cc3)cc2)c[nH]1. The molecule has 1 aliphatic rings. The van der Waals surface area contributed by atoms with Crippen LogP contribution in [0.5, 0.6) is 5.75 Å². The van der Waals surface area contributed by atoms with E-state index in [1.54, 1.807) is 54.7 Å². The van der Waals surface area contributed by atoms with Gasteiger partial charge in [-0.2, -0.15) is 4.99 Å². The lowest BCUT2D eigenvalue weighted by Gasteiger charge is -2.34. The molecule has 0 atom stereocenters. The van der Waals surface area contributed by atoms with E-state index in [0.717, 1.165) is 16.7 Å². The molecule has 1 saturated heterocycles. The van der Waals surface area contributed by atoms with Gasteiger partial charge >= 0.3 is 0 Å². The number of alkyl halides is 1. The molecule has 0 aliphatic carbocycles. The number of likely N-dealkylation sites (tertiary alicyclic amines) is 1. The summed E-state index contributed by atoms with van der Waals surface area (Å²) in [6.45, 7) is 0.174. The number of carbonyl (C=O) groups is 2. The number of aromatic nitrogens is 1. The minimum Gasteiger partial charge on any atom is -0.495 e. The van der Waals surface area contributed by atoms with Gasteiger partial charge < -0.3 is 25.3 Å². The third-order valence-electron chi connectivity index (χ3n) is 6.63. The Morgan fingerprint density at radius 3 is 2.36 bits per heavy atom. The lowest BCUT2D eigenvalue weighted by Crippen LogP contribution is -2.51. The molecule has 0 bridgehead atoms. The zero-order valence-electron chi connectivity index (χ0n) is 22.7. The minimum atomic E-state index is -0.981. The molecule has 214 valence electrons. The summed E-state index contributed by atoms with van der Waals surface area (Å²) >= 11 is 0. The number of ether oxygens (including phenoxy) is 1. The molecule has 4 N–H and O–H groups in total. The van der Waals surface area contributed by atoms with Gasteiger partial charge in [-0.05, 0) is 71.3 Å². The molecule has 1 aliphatic heterocycles. The van der Waals surface area contributed by atoms with Crippen molar-refractivity contribution in [3.05, 3.63) is 107 Å². The predicted molar refractivity (Wildman–Crippen MR) is 156 cm³/mol. The van der Waals surface area contributed by atoms with Gasteiger partial charge in [0.05, 0.1) is 32.3 Å². The van der Waals surface area contributed by atoms with Gasteiger partial charge in [-0.1, -0.05) is 24.3 Å². The van der Waals surface area contributed by atoms with Crippen LogP contribution in [0.2, 0.25) is 0 Å². The number of H-pyrrole nitrogens is 1. The Balaban J connectivity index is 1.19. The first-order chi connectivity index (χ1) is 20.3. The maximum atomic E-state index is 13.1. The molecule has 0 radical (unpaired) electrons. The van der Waals surface area contributed by atoms with Gasteiger partial charge in [0.2, 0.25) is 11.9 Å². The monoisotopic (exact) mass is 570 g/mol. The Bertz CT molecular complexity index is 1660. The van der Waals surface area contributed by atoms with Crippen molar-refractivity contribution in [1.29, 1.82) is 5.41 Å². The van der Waals surface area contributed by atoms with Gasteiger partial charge in [0.1, 0.15) is 23.2 Å². The van der Waals surface area contributed by atoms with Crippen LogP contribution in [0.15, 0.2) is 90.1 Å². The number of nitrogens with zero attached hydrogens (tertiary/aromatic N) is 2. The number of halogens is 2. The molecule has 42 heavy (non-hydrogen) atoms. The van der Waals surface area contributed by atoms with Crippen molar-refractivity contribution in [2.75, 3.05) is 30.8 Å². The molecule has 4 aromatic rings. The van der Waals surface area contributed by atoms with E-state index in [0.29, 0.717) is 28.2 Å². The summed E-state index contributed by atoms with van der Waals surface area (Å²) in [7, 11) is 1.46. The summed E-state index contributed by atoms with van der Waals surface area (Å²) in [6, 6.07) is 21.5. The Morgan fingerprint density at radius 2 is 1.71 bits per heavy atom. The molecular formula is C31H28F2N6O3. The lowest BCUT2D eigenvalue weighted by molar-refractivity contribution is -0.115. The van der Waals surface area contributed by atoms with Crippen molar-refractivity contribution in [1.82, 2.24) is 9.88 Å². The van der Waals surface area contributed by atoms with Gasteiger partial charge in [-0.3, -0.25) is 15.0 Å². The first kappa shape index (κ1) is 28.2. The second kappa shape index (κ2) is 12.5. The number of hydrogen-bond donors (Lipinski definition) is 4. The van der Waals surface area contributed by atoms with Crippen molar-refractivity contribution >= 4 is 29.1 Å². The number of anilines is 2. The van der Waals surface area contributed by atoms with E-state index >= 15 is 0 Å². The largest absolute Gasteiger partial charge is 0.495 e. The van der Waals surface area contributed by atoms with Crippen LogP contribution in [0.4, 0.5) is 20.2 Å². The highest BCUT2D eigenvalue weighted by Crippen LogP contribution is 2.27. The van der Waals surface area contributed by atoms with Crippen molar-refractivity contribution in [3.8, 4) is 16.9 Å². The molecule has 11 heteroatoms. The van der Waals surface area contributed by atoms with Crippen LogP contribution >= 0.6 is 0 Å². The smallest absolute Gasteiger partial charge is 0.254 e. The Kier molecular flexibility index (Phi) is 8.37. The van der Waals surface area contributed by atoms with Crippen molar-refractivity contribution in [3.63, 3.8) is 0 Å². The van der Waals surface area contributed by atoms with Crippen LogP contribution in [0, 0.1) is 11.2 Å². The molecule has 0 saturated carbocycles. The van der Waals surface area contributed by atoms with Crippen molar-refractivity contribution in [2.45, 2.75) is 12.6 Å². The second-order valence-electron chi connectivity index (χ2n) is 9.70. The number of guanidine groups is 1. The van der Waals surface area contributed by atoms with E-state index in [4.69, 9.17) is 10.1 Å². The summed E-state index contributed by atoms with van der Waals surface area (Å²) in [4.78, 5) is 33.5. The Morgan fingerprint density at radius 1 is 1.00 bits per heavy atom. The van der Waals surface area contributed by atoms with Crippen LogP contribution in [-0.4, -0.2) is 54.0 Å². The summed E-state index contributed by atoms with van der Waals surface area (Å²) in [5, 5.41) is 14.0. The van der Waals surface area contributed by atoms with Gasteiger partial charge in [-0.25, -0.2) is 8.78 Å². The number of hydrogen-bond acceptors (Lipinski definition) is 4. The highest BCUT2D eigenvalue weighted by atomic mass is 19.1. The Labute approximate surface area is 240 Å². The molecule has 5 rings (SSSR count). The first-order valence-electron chi connectivity index (χ1n) is 13.1. The van der Waals surface area contributed by atoms with Crippen LogP contribution in [-0.2, 0) is 11.2 Å². The lowest BCUT2D eigenvalue weighted by atomic mass is 10.1. The second-order valence-corrected chi connectivity index (χ2v) is 9.70. The quantitative estimate of drug-likeness (QED) is 0.189. The number of nitrogens with one attached hydrogen (secondary N) is 4. The maximum Gasteiger partial charge on any atom is 0.254 e. The summed E-state index contributed by atoms with van der Waals surface area (Å²) in [5.74, 6) is -0.616. The minimum absolute atomic E-state index is 0.0868. The predicted octanol–water partition coefficient (Wildman–Crippen LogP) is 4.75. The highest BCUT2D eigenvalue weighted by Gasteiger charge is 2.31. The molecule has 0 spiro atoms. The van der Waals surface area contributed by atoms with Crippen LogP contribution in [0.1, 0.15) is 15.9 Å². The number of benzene rings is 3. The summed E-state index contributed by atoms with van der Waals surface area (Å²) < 4.78 is 31.6. The molecule has 2 heterocycles. The van der Waals surface area contributed by atoms with Gasteiger partial charge in [0, 0.05) is 17.4 Å². The number of rotatable bonds is 7. The van der Waals surface area contributed by atoms with Crippen LogP contribution in [0.25, 0.3) is 11.1 Å². The fourth-order valence-electron chi connectivity index (χ4n) is 4.38. The summed E-state index contributed by atoms with van der Waals surface area (Å²) in [5.41, 5.74) is 4.41. The molecule has 1 aromatic heterocycles. The molecule has 0 unspecified atom stereocenters. The first-order valence-corrected chi connectivity index (χ1v) is 13.1. The third-order valence-corrected chi connectivity index (χ3v) is 6.63. The van der Waals surface area contributed by atoms with E-state index in [1.807, 2.05) is 18.2 Å². The standard InChI is InChI=1S/C31H28F2N6O3/c1-42-27-15-21(30(41)39-17-24(33)18-39)6-12-26(27)37-31(34)38-28-13-7-22(16-35-28)20-4-10-25(11-5-20)36-29(40)14-19-2-8-23(32)9-3-19/h2-13,15-16,24H,14,17-18H2,1H3,(H,36,40)(H3,34,35,37,38). The highest BCUT2D eigenvalue weighted by molar-refractivity contribution is 5.98. The van der Waals surface area contributed by atoms with E-state index in [9.17, 15) is 18.4 Å². The van der Waals surface area contributed by atoms with E-state index in [-0.39, 0.29) is 43.1 Å². The third kappa shape index (κ3) is 6.87. The number of methoxy groups -OCH3 is 1. The van der Waals surface area contributed by atoms with Gasteiger partial charge in [0.15, 0.2) is 0 Å². The average molecular weight is 571 g/mol. The van der Waals surface area contributed by atoms with E-state index in [1.165, 1.54) is 24.1 Å². The molecule has 1 fully saturated rings. The number of aromatic amines is 1. The molecule has 9 nitrogen and oxygen atoms in total. The average Bonchev–Trinajstić information content (AvgIpc) is 2.97. The Hall–Kier alpha value is -5.32. The fourth-order valence-corrected chi connectivity index (χ4v) is 4.38. The summed E-state index contributed by atoms with van der Waals surface area (Å²) in [6.07, 6.45) is 0.919. The van der Waals surface area contributed by atoms with Crippen molar-refractivity contribution in [2.24, 2.45) is 4.99 Å². The zero-order chi connectivity index (χ0) is 29.6.